The molecule has 1 fully saturated rings. The van der Waals surface area contributed by atoms with Crippen LogP contribution in [0.25, 0.3) is 17.5 Å². The van der Waals surface area contributed by atoms with Crippen molar-refractivity contribution < 1.29 is 9.59 Å². The van der Waals surface area contributed by atoms with Gasteiger partial charge in [-0.1, -0.05) is 30.3 Å². The van der Waals surface area contributed by atoms with Crippen molar-refractivity contribution in [1.29, 1.82) is 0 Å². The van der Waals surface area contributed by atoms with E-state index in [0.29, 0.717) is 28.4 Å². The average molecular weight is 472 g/mol. The highest BCUT2D eigenvalue weighted by Gasteiger charge is 2.28. The van der Waals surface area contributed by atoms with Gasteiger partial charge in [-0.05, 0) is 53.6 Å². The second kappa shape index (κ2) is 9.36. The van der Waals surface area contributed by atoms with Gasteiger partial charge in [-0.25, -0.2) is 9.67 Å². The van der Waals surface area contributed by atoms with E-state index < -0.39 is 0 Å². The van der Waals surface area contributed by atoms with Crippen LogP contribution in [-0.4, -0.2) is 37.0 Å². The minimum atomic E-state index is -0.292. The van der Waals surface area contributed by atoms with Crippen LogP contribution in [0.5, 0.6) is 0 Å². The monoisotopic (exact) mass is 471 g/mol. The van der Waals surface area contributed by atoms with E-state index in [1.165, 1.54) is 24.3 Å². The highest BCUT2D eigenvalue weighted by Crippen LogP contribution is 2.36. The molecule has 1 aliphatic rings. The fourth-order valence-electron chi connectivity index (χ4n) is 3.49. The Morgan fingerprint density at radius 1 is 1.15 bits per heavy atom. The molecule has 0 atom stereocenters. The number of nitrogens with zero attached hydrogens (tertiary/aromatic N) is 6. The van der Waals surface area contributed by atoms with Gasteiger partial charge in [0.1, 0.15) is 0 Å². The SMILES string of the molecule is CC(=O)N(c1ccccc1)c1nc(/C=C/C(=O)Nc2cccc(-c3nnnn3C3CC3)c2)cs1. The molecule has 1 saturated carbocycles. The summed E-state index contributed by atoms with van der Waals surface area (Å²) in [6.07, 6.45) is 5.19. The minimum absolute atomic E-state index is 0.138. The van der Waals surface area contributed by atoms with Gasteiger partial charge >= 0.3 is 0 Å². The minimum Gasteiger partial charge on any atom is -0.322 e. The number of tetrazole rings is 1. The highest BCUT2D eigenvalue weighted by atomic mass is 32.1. The van der Waals surface area contributed by atoms with Crippen molar-refractivity contribution in [3.8, 4) is 11.4 Å². The largest absolute Gasteiger partial charge is 0.322 e. The number of carbonyl (C=O) groups excluding carboxylic acids is 2. The van der Waals surface area contributed by atoms with Crippen molar-refractivity contribution in [2.75, 3.05) is 10.2 Å². The van der Waals surface area contributed by atoms with E-state index in [0.717, 1.165) is 24.1 Å². The molecule has 2 heterocycles. The van der Waals surface area contributed by atoms with Crippen LogP contribution >= 0.6 is 11.3 Å². The average Bonchev–Trinajstić information content (AvgIpc) is 3.37. The maximum Gasteiger partial charge on any atom is 0.248 e. The Morgan fingerprint density at radius 2 is 1.97 bits per heavy atom. The molecule has 2 aromatic carbocycles. The Labute approximate surface area is 199 Å². The number of benzene rings is 2. The van der Waals surface area contributed by atoms with Crippen molar-refractivity contribution in [2.45, 2.75) is 25.8 Å². The van der Waals surface area contributed by atoms with Crippen molar-refractivity contribution in [3.63, 3.8) is 0 Å². The smallest absolute Gasteiger partial charge is 0.248 e. The van der Waals surface area contributed by atoms with Gasteiger partial charge in [-0.3, -0.25) is 14.5 Å². The van der Waals surface area contributed by atoms with E-state index in [4.69, 9.17) is 0 Å². The third kappa shape index (κ3) is 4.76. The zero-order chi connectivity index (χ0) is 23.5. The summed E-state index contributed by atoms with van der Waals surface area (Å²) in [7, 11) is 0. The van der Waals surface area contributed by atoms with Gasteiger partial charge < -0.3 is 5.32 Å². The molecule has 4 aromatic rings. The molecule has 0 aliphatic heterocycles. The Balaban J connectivity index is 1.27. The molecule has 2 amide bonds. The Bertz CT molecular complexity index is 1360. The van der Waals surface area contributed by atoms with Gasteiger partial charge in [0.05, 0.1) is 17.4 Å². The molecule has 34 heavy (non-hydrogen) atoms. The number of rotatable bonds is 7. The van der Waals surface area contributed by atoms with E-state index in [1.807, 2.05) is 59.3 Å². The summed E-state index contributed by atoms with van der Waals surface area (Å²) in [5.74, 6) is 0.263. The van der Waals surface area contributed by atoms with Crippen LogP contribution in [0.3, 0.4) is 0 Å². The summed E-state index contributed by atoms with van der Waals surface area (Å²) in [5, 5.41) is 17.2. The molecular formula is C24H21N7O2S. The third-order valence-corrected chi connectivity index (χ3v) is 6.05. The van der Waals surface area contributed by atoms with Gasteiger partial charge in [0, 0.05) is 29.6 Å². The molecule has 1 N–H and O–H groups in total. The Hall–Kier alpha value is -4.18. The number of carbonyl (C=O) groups is 2. The number of anilines is 3. The lowest BCUT2D eigenvalue weighted by Gasteiger charge is -2.17. The summed E-state index contributed by atoms with van der Waals surface area (Å²) in [6.45, 7) is 1.49. The highest BCUT2D eigenvalue weighted by molar-refractivity contribution is 7.14. The number of para-hydroxylation sites is 1. The van der Waals surface area contributed by atoms with E-state index >= 15 is 0 Å². The number of hydrogen-bond acceptors (Lipinski definition) is 7. The molecule has 9 nitrogen and oxygen atoms in total. The van der Waals surface area contributed by atoms with Crippen molar-refractivity contribution in [3.05, 3.63) is 71.7 Å². The van der Waals surface area contributed by atoms with Crippen LogP contribution in [0.2, 0.25) is 0 Å². The fraction of sp³-hybridized carbons (Fsp3) is 0.167. The zero-order valence-corrected chi connectivity index (χ0v) is 19.1. The molecular weight excluding hydrogens is 450 g/mol. The van der Waals surface area contributed by atoms with Crippen LogP contribution < -0.4 is 10.2 Å². The quantitative estimate of drug-likeness (QED) is 0.399. The number of nitrogens with one attached hydrogen (secondary N) is 1. The summed E-state index contributed by atoms with van der Waals surface area (Å²) in [5.41, 5.74) is 2.82. The van der Waals surface area contributed by atoms with E-state index in [9.17, 15) is 9.59 Å². The molecule has 10 heteroatoms. The number of thiazole rings is 1. The Kier molecular flexibility index (Phi) is 5.96. The van der Waals surface area contributed by atoms with Crippen molar-refractivity contribution in [1.82, 2.24) is 25.2 Å². The molecule has 1 aliphatic carbocycles. The van der Waals surface area contributed by atoms with Crippen LogP contribution in [-0.2, 0) is 9.59 Å². The molecule has 0 spiro atoms. The van der Waals surface area contributed by atoms with Gasteiger partial charge in [-0.15, -0.1) is 16.4 Å². The number of aromatic nitrogens is 5. The van der Waals surface area contributed by atoms with Crippen molar-refractivity contribution >= 4 is 45.7 Å². The van der Waals surface area contributed by atoms with Crippen LogP contribution in [0, 0.1) is 0 Å². The van der Waals surface area contributed by atoms with Crippen LogP contribution in [0.1, 0.15) is 31.5 Å². The van der Waals surface area contributed by atoms with Crippen LogP contribution in [0.4, 0.5) is 16.5 Å². The van der Waals surface area contributed by atoms with Gasteiger partial charge in [0.25, 0.3) is 0 Å². The normalized spacial score (nSPS) is 13.2. The molecule has 0 unspecified atom stereocenters. The predicted molar refractivity (Wildman–Crippen MR) is 131 cm³/mol. The number of hydrogen-bond donors (Lipinski definition) is 1. The molecule has 0 radical (unpaired) electrons. The summed E-state index contributed by atoms with van der Waals surface area (Å²) < 4.78 is 1.83. The van der Waals surface area contributed by atoms with E-state index in [1.54, 1.807) is 16.4 Å². The first-order valence-electron chi connectivity index (χ1n) is 10.8. The van der Waals surface area contributed by atoms with E-state index in [2.05, 4.69) is 25.8 Å². The summed E-state index contributed by atoms with van der Waals surface area (Å²) in [4.78, 5) is 30.7. The summed E-state index contributed by atoms with van der Waals surface area (Å²) in [6, 6.07) is 17.1. The maximum absolute atomic E-state index is 12.5. The molecule has 5 rings (SSSR count). The Morgan fingerprint density at radius 3 is 2.74 bits per heavy atom. The standard InChI is InChI=1S/C24H21N7O2S/c1-16(32)30(20-8-3-2-4-9-20)24-26-19(15-34-24)10-13-22(33)25-18-7-5-6-17(14-18)23-27-28-29-31(23)21-11-12-21/h2-10,13-15,21H,11-12H2,1H3,(H,25,33)/b13-10+. The topological polar surface area (TPSA) is 106 Å². The summed E-state index contributed by atoms with van der Waals surface area (Å²) >= 11 is 1.34. The first kappa shape index (κ1) is 21.7. The van der Waals surface area contributed by atoms with Crippen LogP contribution in [0.15, 0.2) is 66.1 Å². The molecule has 170 valence electrons. The lowest BCUT2D eigenvalue weighted by Crippen LogP contribution is -2.22. The number of amides is 2. The predicted octanol–water partition coefficient (Wildman–Crippen LogP) is 4.47. The van der Waals surface area contributed by atoms with Gasteiger partial charge in [0.15, 0.2) is 11.0 Å². The second-order valence-corrected chi connectivity index (χ2v) is 8.66. The van der Waals surface area contributed by atoms with E-state index in [-0.39, 0.29) is 11.8 Å². The first-order chi connectivity index (χ1) is 16.6. The fourth-order valence-corrected chi connectivity index (χ4v) is 4.34. The molecule has 2 aromatic heterocycles. The van der Waals surface area contributed by atoms with Gasteiger partial charge in [-0.2, -0.15) is 0 Å². The molecule has 0 saturated heterocycles. The second-order valence-electron chi connectivity index (χ2n) is 7.83. The third-order valence-electron chi connectivity index (χ3n) is 5.21. The lowest BCUT2D eigenvalue weighted by atomic mass is 10.2. The lowest BCUT2D eigenvalue weighted by molar-refractivity contribution is -0.116. The molecule has 0 bridgehead atoms. The maximum atomic E-state index is 12.5. The van der Waals surface area contributed by atoms with Gasteiger partial charge in [0.2, 0.25) is 11.8 Å². The van der Waals surface area contributed by atoms with Crippen molar-refractivity contribution in [2.24, 2.45) is 0 Å². The zero-order valence-electron chi connectivity index (χ0n) is 18.3. The first-order valence-corrected chi connectivity index (χ1v) is 11.6.